The first-order chi connectivity index (χ1) is 7.92. The third kappa shape index (κ3) is 4.58. The van der Waals surface area contributed by atoms with Crippen molar-refractivity contribution in [2.24, 2.45) is 5.92 Å². The fraction of sp³-hybridized carbons (Fsp3) is 0.333. The molecular formula is C12H18N2O2S. The summed E-state index contributed by atoms with van der Waals surface area (Å²) in [5, 5.41) is 0. The summed E-state index contributed by atoms with van der Waals surface area (Å²) in [6.07, 6.45) is 1.94. The van der Waals surface area contributed by atoms with E-state index in [0.717, 1.165) is 5.70 Å². The summed E-state index contributed by atoms with van der Waals surface area (Å²) >= 11 is 0. The van der Waals surface area contributed by atoms with Crippen LogP contribution in [0.2, 0.25) is 0 Å². The second-order valence-corrected chi connectivity index (χ2v) is 5.82. The lowest BCUT2D eigenvalue weighted by atomic mass is 10.2. The molecule has 17 heavy (non-hydrogen) atoms. The van der Waals surface area contributed by atoms with Crippen LogP contribution in [0, 0.1) is 5.92 Å². The van der Waals surface area contributed by atoms with Crippen molar-refractivity contribution in [1.82, 2.24) is 10.3 Å². The summed E-state index contributed by atoms with van der Waals surface area (Å²) in [5.41, 5.74) is 3.45. The third-order valence-electron chi connectivity index (χ3n) is 2.02. The van der Waals surface area contributed by atoms with Gasteiger partial charge in [0.2, 0.25) is 0 Å². The molecule has 0 aliphatic rings. The zero-order valence-corrected chi connectivity index (χ0v) is 11.1. The molecule has 0 saturated heterocycles. The minimum atomic E-state index is -3.49. The molecule has 0 spiro atoms. The van der Waals surface area contributed by atoms with Crippen LogP contribution in [0.3, 0.4) is 0 Å². The Morgan fingerprint density at radius 3 is 2.35 bits per heavy atom. The molecule has 0 fully saturated rings. The lowest BCUT2D eigenvalue weighted by Crippen LogP contribution is -2.36. The predicted molar refractivity (Wildman–Crippen MR) is 68.5 cm³/mol. The molecule has 4 nitrogen and oxygen atoms in total. The Balaban J connectivity index is 2.70. The third-order valence-corrected chi connectivity index (χ3v) is 3.28. The number of hydrazine groups is 1. The monoisotopic (exact) mass is 254 g/mol. The summed E-state index contributed by atoms with van der Waals surface area (Å²) in [5.74, 6) is 0.365. The van der Waals surface area contributed by atoms with E-state index in [4.69, 9.17) is 0 Å². The van der Waals surface area contributed by atoms with Crippen molar-refractivity contribution in [2.45, 2.75) is 25.7 Å². The fourth-order valence-electron chi connectivity index (χ4n) is 1.35. The highest BCUT2D eigenvalue weighted by atomic mass is 32.2. The molecule has 0 aliphatic heterocycles. The van der Waals surface area contributed by atoms with Gasteiger partial charge in [-0.15, -0.1) is 4.83 Å². The zero-order valence-electron chi connectivity index (χ0n) is 10.3. The number of benzene rings is 1. The molecule has 2 N–H and O–H groups in total. The Hall–Kier alpha value is -1.33. The van der Waals surface area contributed by atoms with Crippen LogP contribution in [0.1, 0.15) is 20.8 Å². The number of hydrogen-bond donors (Lipinski definition) is 2. The van der Waals surface area contributed by atoms with Crippen molar-refractivity contribution < 1.29 is 8.42 Å². The maximum absolute atomic E-state index is 11.8. The SMILES string of the molecule is CC(=CC(C)C)NNS(=O)(=O)c1ccccc1. The normalized spacial score (nSPS) is 12.8. The number of allylic oxidation sites excluding steroid dienone is 2. The van der Waals surface area contributed by atoms with Gasteiger partial charge in [0.1, 0.15) is 0 Å². The molecule has 0 bridgehead atoms. The molecule has 0 aromatic heterocycles. The molecule has 1 aromatic rings. The van der Waals surface area contributed by atoms with Crippen LogP contribution in [0.25, 0.3) is 0 Å². The summed E-state index contributed by atoms with van der Waals surface area (Å²) in [4.78, 5) is 2.57. The second kappa shape index (κ2) is 5.84. The summed E-state index contributed by atoms with van der Waals surface area (Å²) < 4.78 is 23.6. The highest BCUT2D eigenvalue weighted by Gasteiger charge is 2.12. The van der Waals surface area contributed by atoms with Gasteiger partial charge in [-0.3, -0.25) is 0 Å². The lowest BCUT2D eigenvalue weighted by Gasteiger charge is -2.10. The van der Waals surface area contributed by atoms with Gasteiger partial charge in [-0.05, 0) is 25.0 Å². The Morgan fingerprint density at radius 2 is 1.82 bits per heavy atom. The van der Waals surface area contributed by atoms with Crippen molar-refractivity contribution in [3.63, 3.8) is 0 Å². The molecule has 0 atom stereocenters. The Kier molecular flexibility index (Phi) is 4.72. The fourth-order valence-corrected chi connectivity index (χ4v) is 2.28. The van der Waals surface area contributed by atoms with E-state index < -0.39 is 10.0 Å². The average Bonchev–Trinajstić information content (AvgIpc) is 2.27. The molecule has 0 saturated carbocycles. The van der Waals surface area contributed by atoms with E-state index in [1.54, 1.807) is 30.3 Å². The van der Waals surface area contributed by atoms with Crippen molar-refractivity contribution in [1.29, 1.82) is 0 Å². The molecule has 94 valence electrons. The smallest absolute Gasteiger partial charge is 0.257 e. The van der Waals surface area contributed by atoms with E-state index in [0.29, 0.717) is 5.92 Å². The first kappa shape index (κ1) is 13.7. The quantitative estimate of drug-likeness (QED) is 0.790. The minimum absolute atomic E-state index is 0.241. The maximum Gasteiger partial charge on any atom is 0.257 e. The van der Waals surface area contributed by atoms with E-state index in [2.05, 4.69) is 10.3 Å². The van der Waals surface area contributed by atoms with Gasteiger partial charge in [0.25, 0.3) is 10.0 Å². The van der Waals surface area contributed by atoms with Gasteiger partial charge in [0.15, 0.2) is 0 Å². The summed E-state index contributed by atoms with van der Waals surface area (Å²) in [7, 11) is -3.49. The van der Waals surface area contributed by atoms with Gasteiger partial charge in [-0.2, -0.15) is 0 Å². The van der Waals surface area contributed by atoms with Crippen molar-refractivity contribution >= 4 is 10.0 Å². The summed E-state index contributed by atoms with van der Waals surface area (Å²) in [6.45, 7) is 5.86. The second-order valence-electron chi connectivity index (χ2n) is 4.14. The number of sulfonamides is 1. The Bertz CT molecular complexity index is 478. The van der Waals surface area contributed by atoms with Gasteiger partial charge < -0.3 is 5.43 Å². The highest BCUT2D eigenvalue weighted by Crippen LogP contribution is 2.06. The summed E-state index contributed by atoms with van der Waals surface area (Å²) in [6, 6.07) is 8.24. The lowest BCUT2D eigenvalue weighted by molar-refractivity contribution is 0.569. The highest BCUT2D eigenvalue weighted by molar-refractivity contribution is 7.89. The molecule has 0 unspecified atom stereocenters. The van der Waals surface area contributed by atoms with Crippen LogP contribution in [-0.4, -0.2) is 8.42 Å². The van der Waals surface area contributed by atoms with Gasteiger partial charge in [0.05, 0.1) is 4.90 Å². The molecule has 0 heterocycles. The Morgan fingerprint density at radius 1 is 1.24 bits per heavy atom. The van der Waals surface area contributed by atoms with E-state index >= 15 is 0 Å². The van der Waals surface area contributed by atoms with Crippen LogP contribution in [-0.2, 0) is 10.0 Å². The van der Waals surface area contributed by atoms with Gasteiger partial charge >= 0.3 is 0 Å². The van der Waals surface area contributed by atoms with Gasteiger partial charge in [0, 0.05) is 5.70 Å². The van der Waals surface area contributed by atoms with Crippen LogP contribution in [0.4, 0.5) is 0 Å². The van der Waals surface area contributed by atoms with Crippen molar-refractivity contribution in [3.05, 3.63) is 42.1 Å². The zero-order chi connectivity index (χ0) is 12.9. The number of rotatable bonds is 5. The molecule has 5 heteroatoms. The van der Waals surface area contributed by atoms with Crippen molar-refractivity contribution in [2.75, 3.05) is 0 Å². The van der Waals surface area contributed by atoms with E-state index in [-0.39, 0.29) is 4.90 Å². The molecule has 0 aliphatic carbocycles. The van der Waals surface area contributed by atoms with Gasteiger partial charge in [-0.1, -0.05) is 38.1 Å². The number of nitrogens with one attached hydrogen (secondary N) is 2. The standard InChI is InChI=1S/C12H18N2O2S/c1-10(2)9-11(3)13-14-17(15,16)12-7-5-4-6-8-12/h4-10,13-14H,1-3H3. The first-order valence-electron chi connectivity index (χ1n) is 5.43. The van der Waals surface area contributed by atoms with Crippen LogP contribution >= 0.6 is 0 Å². The molecule has 0 radical (unpaired) electrons. The minimum Gasteiger partial charge on any atom is -0.313 e. The van der Waals surface area contributed by atoms with Crippen molar-refractivity contribution in [3.8, 4) is 0 Å². The van der Waals surface area contributed by atoms with Crippen LogP contribution in [0.5, 0.6) is 0 Å². The molecular weight excluding hydrogens is 236 g/mol. The molecule has 1 aromatic carbocycles. The van der Waals surface area contributed by atoms with E-state index in [1.165, 1.54) is 0 Å². The van der Waals surface area contributed by atoms with Crippen LogP contribution < -0.4 is 10.3 Å². The molecule has 1 rings (SSSR count). The average molecular weight is 254 g/mol. The van der Waals surface area contributed by atoms with E-state index in [9.17, 15) is 8.42 Å². The van der Waals surface area contributed by atoms with E-state index in [1.807, 2.05) is 26.8 Å². The maximum atomic E-state index is 11.8. The predicted octanol–water partition coefficient (Wildman–Crippen LogP) is 2.03. The van der Waals surface area contributed by atoms with Crippen LogP contribution in [0.15, 0.2) is 47.0 Å². The molecule has 0 amide bonds. The first-order valence-corrected chi connectivity index (χ1v) is 6.91. The Labute approximate surface area is 103 Å². The largest absolute Gasteiger partial charge is 0.313 e. The number of hydrogen-bond acceptors (Lipinski definition) is 3. The van der Waals surface area contributed by atoms with Gasteiger partial charge in [-0.25, -0.2) is 8.42 Å². The topological polar surface area (TPSA) is 58.2 Å².